The Morgan fingerprint density at radius 1 is 0.923 bits per heavy atom. The Labute approximate surface area is 153 Å². The summed E-state index contributed by atoms with van der Waals surface area (Å²) in [4.78, 5) is 16.7. The Hall–Kier alpha value is -3.21. The van der Waals surface area contributed by atoms with Gasteiger partial charge in [0, 0.05) is 37.7 Å². The summed E-state index contributed by atoms with van der Waals surface area (Å²) in [5, 5.41) is 0. The van der Waals surface area contributed by atoms with E-state index in [1.165, 1.54) is 0 Å². The van der Waals surface area contributed by atoms with Crippen molar-refractivity contribution in [1.82, 2.24) is 9.47 Å². The van der Waals surface area contributed by atoms with Crippen molar-refractivity contribution in [2.45, 2.75) is 6.17 Å². The van der Waals surface area contributed by atoms with Gasteiger partial charge in [-0.05, 0) is 42.5 Å². The smallest absolute Gasteiger partial charge is 0.257 e. The molecule has 132 valence electrons. The van der Waals surface area contributed by atoms with Gasteiger partial charge < -0.3 is 19.1 Å². The first-order valence-electron chi connectivity index (χ1n) is 8.51. The van der Waals surface area contributed by atoms with Crippen LogP contribution in [0.25, 0.3) is 5.69 Å². The van der Waals surface area contributed by atoms with Crippen molar-refractivity contribution < 1.29 is 9.53 Å². The van der Waals surface area contributed by atoms with Gasteiger partial charge in [0.1, 0.15) is 11.9 Å². The van der Waals surface area contributed by atoms with E-state index >= 15 is 0 Å². The molecule has 4 rings (SSSR count). The van der Waals surface area contributed by atoms with E-state index in [1.54, 1.807) is 12.0 Å². The monoisotopic (exact) mass is 347 g/mol. The second kappa shape index (κ2) is 6.26. The molecular weight excluding hydrogens is 326 g/mol. The van der Waals surface area contributed by atoms with Gasteiger partial charge in [-0.1, -0.05) is 12.1 Å². The Morgan fingerprint density at radius 3 is 2.38 bits per heavy atom. The summed E-state index contributed by atoms with van der Waals surface area (Å²) in [6, 6.07) is 17.7. The molecule has 1 amide bonds. The summed E-state index contributed by atoms with van der Waals surface area (Å²) >= 11 is 0. The standard InChI is InChI=1S/C21H21N3O2/c1-22-19-7-5-4-6-18(19)21(25)23(2)20(22)15-12-13-24(14-15)16-8-10-17(26-3)11-9-16/h4-14,20H,1-3H3. The van der Waals surface area contributed by atoms with Gasteiger partial charge in [0.05, 0.1) is 18.4 Å². The number of aromatic nitrogens is 1. The number of benzene rings is 2. The van der Waals surface area contributed by atoms with Crippen molar-refractivity contribution in [2.75, 3.05) is 26.1 Å². The molecular formula is C21H21N3O2. The van der Waals surface area contributed by atoms with E-state index in [0.29, 0.717) is 0 Å². The summed E-state index contributed by atoms with van der Waals surface area (Å²) in [6.07, 6.45) is 3.95. The lowest BCUT2D eigenvalue weighted by Crippen LogP contribution is -2.45. The van der Waals surface area contributed by atoms with E-state index in [4.69, 9.17) is 4.74 Å². The highest BCUT2D eigenvalue weighted by Gasteiger charge is 2.34. The molecule has 26 heavy (non-hydrogen) atoms. The molecule has 0 radical (unpaired) electrons. The van der Waals surface area contributed by atoms with E-state index < -0.39 is 0 Å². The fraction of sp³-hybridized carbons (Fsp3) is 0.190. The molecule has 0 saturated carbocycles. The topological polar surface area (TPSA) is 37.7 Å². The Balaban J connectivity index is 1.69. The van der Waals surface area contributed by atoms with Crippen LogP contribution in [0, 0.1) is 0 Å². The minimum absolute atomic E-state index is 0.0425. The number of amides is 1. The van der Waals surface area contributed by atoms with Gasteiger partial charge in [-0.3, -0.25) is 4.79 Å². The minimum atomic E-state index is -0.142. The number of hydrogen-bond acceptors (Lipinski definition) is 3. The highest BCUT2D eigenvalue weighted by atomic mass is 16.5. The Bertz CT molecular complexity index is 946. The van der Waals surface area contributed by atoms with E-state index in [2.05, 4.69) is 21.7 Å². The molecule has 2 aromatic carbocycles. The number of rotatable bonds is 3. The number of ether oxygens (including phenoxy) is 1. The molecule has 0 fully saturated rings. The van der Waals surface area contributed by atoms with Gasteiger partial charge in [-0.25, -0.2) is 0 Å². The van der Waals surface area contributed by atoms with Gasteiger partial charge in [0.25, 0.3) is 5.91 Å². The van der Waals surface area contributed by atoms with Crippen LogP contribution in [-0.4, -0.2) is 36.6 Å². The number of anilines is 1. The van der Waals surface area contributed by atoms with E-state index in [0.717, 1.165) is 28.3 Å². The van der Waals surface area contributed by atoms with Crippen LogP contribution in [-0.2, 0) is 0 Å². The molecule has 0 aliphatic carbocycles. The zero-order valence-electron chi connectivity index (χ0n) is 15.1. The average molecular weight is 347 g/mol. The molecule has 0 N–H and O–H groups in total. The molecule has 1 aliphatic heterocycles. The maximum absolute atomic E-state index is 12.8. The van der Waals surface area contributed by atoms with Crippen LogP contribution in [0.4, 0.5) is 5.69 Å². The molecule has 3 aromatic rings. The summed E-state index contributed by atoms with van der Waals surface area (Å²) in [6.45, 7) is 0. The number of carbonyl (C=O) groups excluding carboxylic acids is 1. The van der Waals surface area contributed by atoms with Crippen molar-refractivity contribution in [3.63, 3.8) is 0 Å². The molecule has 1 atom stereocenters. The first-order chi connectivity index (χ1) is 12.6. The predicted molar refractivity (Wildman–Crippen MR) is 102 cm³/mol. The molecule has 1 aromatic heterocycles. The zero-order valence-corrected chi connectivity index (χ0v) is 15.1. The zero-order chi connectivity index (χ0) is 18.3. The largest absolute Gasteiger partial charge is 0.497 e. The van der Waals surface area contributed by atoms with Crippen molar-refractivity contribution in [3.8, 4) is 11.4 Å². The molecule has 0 bridgehead atoms. The van der Waals surface area contributed by atoms with Crippen LogP contribution in [0.1, 0.15) is 22.1 Å². The lowest BCUT2D eigenvalue weighted by molar-refractivity contribution is 0.0711. The van der Waals surface area contributed by atoms with E-state index in [1.807, 2.05) is 68.8 Å². The number of nitrogens with zero attached hydrogens (tertiary/aromatic N) is 3. The van der Waals surface area contributed by atoms with Crippen molar-refractivity contribution in [1.29, 1.82) is 0 Å². The molecule has 1 unspecified atom stereocenters. The highest BCUT2D eigenvalue weighted by molar-refractivity contribution is 6.01. The Morgan fingerprint density at radius 2 is 1.65 bits per heavy atom. The SMILES string of the molecule is COc1ccc(-n2ccc(C3N(C)C(=O)c4ccccc4N3C)c2)cc1. The van der Waals surface area contributed by atoms with Gasteiger partial charge in [0.15, 0.2) is 0 Å². The van der Waals surface area contributed by atoms with Gasteiger partial charge in [-0.2, -0.15) is 0 Å². The molecule has 5 heteroatoms. The summed E-state index contributed by atoms with van der Waals surface area (Å²) in [7, 11) is 5.54. The van der Waals surface area contributed by atoms with Crippen LogP contribution in [0.2, 0.25) is 0 Å². The second-order valence-corrected chi connectivity index (χ2v) is 6.47. The Kier molecular flexibility index (Phi) is 3.92. The first-order valence-corrected chi connectivity index (χ1v) is 8.51. The number of para-hydroxylation sites is 1. The maximum Gasteiger partial charge on any atom is 0.257 e. The van der Waals surface area contributed by atoms with Gasteiger partial charge >= 0.3 is 0 Å². The minimum Gasteiger partial charge on any atom is -0.497 e. The third kappa shape index (κ3) is 2.52. The highest BCUT2D eigenvalue weighted by Crippen LogP contribution is 2.36. The summed E-state index contributed by atoms with van der Waals surface area (Å²) in [5.41, 5.74) is 3.81. The van der Waals surface area contributed by atoms with Crippen LogP contribution in [0.15, 0.2) is 67.0 Å². The van der Waals surface area contributed by atoms with Crippen LogP contribution in [0.3, 0.4) is 0 Å². The summed E-state index contributed by atoms with van der Waals surface area (Å²) < 4.78 is 7.28. The third-order valence-corrected chi connectivity index (χ3v) is 4.95. The number of carbonyl (C=O) groups is 1. The van der Waals surface area contributed by atoms with Gasteiger partial charge in [0.2, 0.25) is 0 Å². The lowest BCUT2D eigenvalue weighted by Gasteiger charge is -2.41. The quantitative estimate of drug-likeness (QED) is 0.725. The van der Waals surface area contributed by atoms with E-state index in [-0.39, 0.29) is 12.1 Å². The molecule has 2 heterocycles. The van der Waals surface area contributed by atoms with Crippen molar-refractivity contribution in [3.05, 3.63) is 78.1 Å². The third-order valence-electron chi connectivity index (χ3n) is 4.95. The normalized spacial score (nSPS) is 16.6. The molecule has 1 aliphatic rings. The average Bonchev–Trinajstić information content (AvgIpc) is 3.16. The number of hydrogen-bond donors (Lipinski definition) is 0. The van der Waals surface area contributed by atoms with Gasteiger partial charge in [-0.15, -0.1) is 0 Å². The van der Waals surface area contributed by atoms with Crippen LogP contribution < -0.4 is 9.64 Å². The molecule has 0 spiro atoms. The molecule has 5 nitrogen and oxygen atoms in total. The fourth-order valence-electron chi connectivity index (χ4n) is 3.58. The number of methoxy groups -OCH3 is 1. The predicted octanol–water partition coefficient (Wildman–Crippen LogP) is 3.71. The van der Waals surface area contributed by atoms with Crippen molar-refractivity contribution in [2.24, 2.45) is 0 Å². The molecule has 0 saturated heterocycles. The maximum atomic E-state index is 12.8. The fourth-order valence-corrected chi connectivity index (χ4v) is 3.58. The first kappa shape index (κ1) is 16.3. The van der Waals surface area contributed by atoms with Crippen molar-refractivity contribution >= 4 is 11.6 Å². The van der Waals surface area contributed by atoms with Crippen LogP contribution >= 0.6 is 0 Å². The second-order valence-electron chi connectivity index (χ2n) is 6.47. The number of fused-ring (bicyclic) bond motifs is 1. The lowest BCUT2D eigenvalue weighted by atomic mass is 10.0. The van der Waals surface area contributed by atoms with E-state index in [9.17, 15) is 4.79 Å². The van der Waals surface area contributed by atoms with Crippen LogP contribution in [0.5, 0.6) is 5.75 Å². The summed E-state index contributed by atoms with van der Waals surface area (Å²) in [5.74, 6) is 0.871.